The summed E-state index contributed by atoms with van der Waals surface area (Å²) in [4.78, 5) is 21.1. The Morgan fingerprint density at radius 1 is 1.15 bits per heavy atom. The van der Waals surface area contributed by atoms with Crippen molar-refractivity contribution in [2.75, 3.05) is 38.1 Å². The minimum Gasteiger partial charge on any atom is -0.506 e. The third-order valence-electron chi connectivity index (χ3n) is 5.94. The Labute approximate surface area is 203 Å². The zero-order chi connectivity index (χ0) is 23.4. The molecule has 2 fully saturated rings. The van der Waals surface area contributed by atoms with Gasteiger partial charge in [0.05, 0.1) is 10.6 Å². The summed E-state index contributed by atoms with van der Waals surface area (Å²) < 4.78 is 1.72. The van der Waals surface area contributed by atoms with Crippen molar-refractivity contribution in [2.45, 2.75) is 31.7 Å². The first-order chi connectivity index (χ1) is 15.9. The van der Waals surface area contributed by atoms with Gasteiger partial charge in [0.25, 0.3) is 5.91 Å². The van der Waals surface area contributed by atoms with Crippen molar-refractivity contribution in [3.05, 3.63) is 52.3 Å². The van der Waals surface area contributed by atoms with Gasteiger partial charge in [-0.3, -0.25) is 4.79 Å². The fourth-order valence-electron chi connectivity index (χ4n) is 4.11. The third kappa shape index (κ3) is 5.88. The summed E-state index contributed by atoms with van der Waals surface area (Å²) in [5.41, 5.74) is 0.852. The number of anilines is 1. The van der Waals surface area contributed by atoms with Gasteiger partial charge in [0, 0.05) is 36.5 Å². The molecule has 2 aliphatic heterocycles. The maximum atomic E-state index is 12.5. The normalized spacial score (nSPS) is 18.8. The van der Waals surface area contributed by atoms with E-state index in [-0.39, 0.29) is 22.4 Å². The number of phenolic OH excluding ortho intramolecular Hbond substituents is 1. The Morgan fingerprint density at radius 2 is 1.94 bits per heavy atom. The number of halogens is 2. The first kappa shape index (κ1) is 23.6. The molecule has 0 radical (unpaired) electrons. The van der Waals surface area contributed by atoms with Crippen LogP contribution in [0.1, 0.15) is 36.0 Å². The summed E-state index contributed by atoms with van der Waals surface area (Å²) in [5.74, 6) is 0.147. The summed E-state index contributed by atoms with van der Waals surface area (Å²) in [5, 5.41) is 17.8. The summed E-state index contributed by atoms with van der Waals surface area (Å²) in [6.45, 7) is 4.02. The van der Waals surface area contributed by atoms with Crippen molar-refractivity contribution in [2.24, 2.45) is 0 Å². The molecule has 3 aromatic rings. The van der Waals surface area contributed by atoms with E-state index < -0.39 is 5.91 Å². The van der Waals surface area contributed by atoms with Gasteiger partial charge in [0.15, 0.2) is 5.65 Å². The van der Waals surface area contributed by atoms with Gasteiger partial charge >= 0.3 is 0 Å². The first-order valence-corrected chi connectivity index (χ1v) is 11.9. The Bertz CT molecular complexity index is 1120. The first-order valence-electron chi connectivity index (χ1n) is 11.1. The van der Waals surface area contributed by atoms with E-state index in [4.69, 9.17) is 23.2 Å². The smallest absolute Gasteiger partial charge is 0.255 e. The van der Waals surface area contributed by atoms with Gasteiger partial charge in [-0.15, -0.1) is 5.10 Å². The summed E-state index contributed by atoms with van der Waals surface area (Å²) in [7, 11) is 2.19. The van der Waals surface area contributed by atoms with Crippen LogP contribution in [0.15, 0.2) is 36.7 Å². The summed E-state index contributed by atoms with van der Waals surface area (Å²) in [6.07, 6.45) is 8.53. The van der Waals surface area contributed by atoms with Gasteiger partial charge in [0.1, 0.15) is 11.6 Å². The maximum Gasteiger partial charge on any atom is 0.255 e. The van der Waals surface area contributed by atoms with Crippen LogP contribution in [-0.4, -0.2) is 69.8 Å². The van der Waals surface area contributed by atoms with Crippen LogP contribution in [0, 0.1) is 0 Å². The van der Waals surface area contributed by atoms with Crippen molar-refractivity contribution < 1.29 is 9.90 Å². The SMILES string of the molecule is CN1CCCCC1.O=C(N[C@H]1CCN(c2ccc3nccn3n2)C1)c1cc(Cl)cc(Cl)c1O. The predicted molar refractivity (Wildman–Crippen MR) is 131 cm³/mol. The molecule has 176 valence electrons. The standard InChI is InChI=1S/C17H15Cl2N5O2.C6H13N/c18-10-7-12(16(25)13(19)8-10)17(26)21-11-3-5-23(9-11)15-2-1-14-20-4-6-24(14)22-15;1-7-5-3-2-4-6-7/h1-2,4,6-8,11,25H,3,5,9H2,(H,21,26);2-6H2,1H3/t11-;/m0./s1. The van der Waals surface area contributed by atoms with Crippen LogP contribution in [0.2, 0.25) is 10.0 Å². The molecule has 5 rings (SSSR count). The molecule has 2 N–H and O–H groups in total. The van der Waals surface area contributed by atoms with Crippen LogP contribution in [0.4, 0.5) is 5.82 Å². The van der Waals surface area contributed by atoms with Gasteiger partial charge < -0.3 is 20.2 Å². The second kappa shape index (κ2) is 10.6. The molecule has 0 unspecified atom stereocenters. The molecular formula is C23H28Cl2N6O2. The van der Waals surface area contributed by atoms with Crippen LogP contribution < -0.4 is 10.2 Å². The summed E-state index contributed by atoms with van der Waals surface area (Å²) in [6, 6.07) is 6.54. The van der Waals surface area contributed by atoms with E-state index in [1.165, 1.54) is 44.5 Å². The Morgan fingerprint density at radius 3 is 2.67 bits per heavy atom. The van der Waals surface area contributed by atoms with Crippen molar-refractivity contribution >= 4 is 40.6 Å². The van der Waals surface area contributed by atoms with Crippen molar-refractivity contribution in [1.82, 2.24) is 24.8 Å². The quantitative estimate of drug-likeness (QED) is 0.579. The second-order valence-corrected chi connectivity index (χ2v) is 9.32. The van der Waals surface area contributed by atoms with E-state index in [9.17, 15) is 9.90 Å². The van der Waals surface area contributed by atoms with Crippen molar-refractivity contribution in [3.8, 4) is 5.75 Å². The third-order valence-corrected chi connectivity index (χ3v) is 6.45. The number of piperidine rings is 1. The monoisotopic (exact) mass is 490 g/mol. The number of amides is 1. The minimum absolute atomic E-state index is 0.0496. The number of aromatic nitrogens is 3. The number of likely N-dealkylation sites (tertiary alicyclic amines) is 1. The molecule has 1 aromatic carbocycles. The lowest BCUT2D eigenvalue weighted by Gasteiger charge is -2.20. The van der Waals surface area contributed by atoms with E-state index in [2.05, 4.69) is 32.2 Å². The molecule has 1 amide bonds. The molecule has 2 saturated heterocycles. The molecule has 1 atom stereocenters. The highest BCUT2D eigenvalue weighted by molar-refractivity contribution is 6.36. The predicted octanol–water partition coefficient (Wildman–Crippen LogP) is 3.85. The summed E-state index contributed by atoms with van der Waals surface area (Å²) >= 11 is 11.8. The molecule has 0 aliphatic carbocycles. The van der Waals surface area contributed by atoms with Crippen LogP contribution >= 0.6 is 23.2 Å². The van der Waals surface area contributed by atoms with Crippen LogP contribution in [0.3, 0.4) is 0 Å². The lowest BCUT2D eigenvalue weighted by atomic mass is 10.1. The molecule has 0 saturated carbocycles. The highest BCUT2D eigenvalue weighted by Gasteiger charge is 2.26. The van der Waals surface area contributed by atoms with Crippen LogP contribution in [0.25, 0.3) is 5.65 Å². The zero-order valence-corrected chi connectivity index (χ0v) is 20.1. The van der Waals surface area contributed by atoms with Crippen LogP contribution in [-0.2, 0) is 0 Å². The van der Waals surface area contributed by atoms with Crippen LogP contribution in [0.5, 0.6) is 5.75 Å². The number of rotatable bonds is 3. The molecule has 8 nitrogen and oxygen atoms in total. The number of benzene rings is 1. The number of hydrogen-bond acceptors (Lipinski definition) is 6. The number of nitrogens with zero attached hydrogens (tertiary/aromatic N) is 5. The molecule has 33 heavy (non-hydrogen) atoms. The zero-order valence-electron chi connectivity index (χ0n) is 18.5. The average molecular weight is 491 g/mol. The highest BCUT2D eigenvalue weighted by atomic mass is 35.5. The average Bonchev–Trinajstić information content (AvgIpc) is 3.46. The molecule has 2 aromatic heterocycles. The van der Waals surface area contributed by atoms with Crippen molar-refractivity contribution in [1.29, 1.82) is 0 Å². The van der Waals surface area contributed by atoms with Gasteiger partial charge in [-0.2, -0.15) is 0 Å². The topological polar surface area (TPSA) is 86.0 Å². The van der Waals surface area contributed by atoms with Gasteiger partial charge in [-0.25, -0.2) is 9.50 Å². The fraction of sp³-hybridized carbons (Fsp3) is 0.435. The Hall–Kier alpha value is -2.55. The molecule has 10 heteroatoms. The fourth-order valence-corrected chi connectivity index (χ4v) is 4.61. The highest BCUT2D eigenvalue weighted by Crippen LogP contribution is 2.31. The second-order valence-electron chi connectivity index (χ2n) is 8.47. The number of carbonyl (C=O) groups is 1. The largest absolute Gasteiger partial charge is 0.506 e. The van der Waals surface area contributed by atoms with Gasteiger partial charge in [-0.1, -0.05) is 29.6 Å². The van der Waals surface area contributed by atoms with E-state index >= 15 is 0 Å². The van der Waals surface area contributed by atoms with E-state index in [1.54, 1.807) is 16.9 Å². The minimum atomic E-state index is -0.406. The number of phenols is 1. The molecule has 2 aliphatic rings. The lowest BCUT2D eigenvalue weighted by molar-refractivity contribution is 0.0937. The lowest BCUT2D eigenvalue weighted by Crippen LogP contribution is -2.37. The number of aromatic hydroxyl groups is 1. The Kier molecular flexibility index (Phi) is 7.57. The number of nitrogens with one attached hydrogen (secondary N) is 1. The number of fused-ring (bicyclic) bond motifs is 1. The Balaban J connectivity index is 0.000000318. The maximum absolute atomic E-state index is 12.5. The van der Waals surface area contributed by atoms with E-state index in [0.717, 1.165) is 24.4 Å². The number of hydrogen-bond donors (Lipinski definition) is 2. The van der Waals surface area contributed by atoms with E-state index in [0.29, 0.717) is 11.6 Å². The molecule has 0 bridgehead atoms. The van der Waals surface area contributed by atoms with Crippen molar-refractivity contribution in [3.63, 3.8) is 0 Å². The van der Waals surface area contributed by atoms with Gasteiger partial charge in [0.2, 0.25) is 0 Å². The number of carbonyl (C=O) groups excluding carboxylic acids is 1. The van der Waals surface area contributed by atoms with Gasteiger partial charge in [-0.05, 0) is 63.7 Å². The molecular weight excluding hydrogens is 463 g/mol. The number of imidazole rings is 1. The molecule has 0 spiro atoms. The molecule has 4 heterocycles. The van der Waals surface area contributed by atoms with E-state index in [1.807, 2.05) is 12.1 Å².